The van der Waals surface area contributed by atoms with Crippen LogP contribution >= 0.6 is 11.3 Å². The van der Waals surface area contributed by atoms with E-state index in [-0.39, 0.29) is 5.56 Å². The average molecular weight is 498 g/mol. The number of carboxylic acid groups (broad SMARTS) is 1. The second-order valence-electron chi connectivity index (χ2n) is 8.62. The van der Waals surface area contributed by atoms with Gasteiger partial charge in [-0.1, -0.05) is 31.2 Å². The second-order valence-corrected chi connectivity index (χ2v) is 9.40. The predicted octanol–water partition coefficient (Wildman–Crippen LogP) is 6.48. The molecule has 0 aliphatic carbocycles. The first kappa shape index (κ1) is 23.6. The van der Waals surface area contributed by atoms with Gasteiger partial charge in [-0.3, -0.25) is 0 Å². The highest BCUT2D eigenvalue weighted by Gasteiger charge is 2.12. The van der Waals surface area contributed by atoms with E-state index in [9.17, 15) is 9.90 Å². The highest BCUT2D eigenvalue weighted by Crippen LogP contribution is 2.25. The molecule has 5 aromatic rings. The third kappa shape index (κ3) is 4.83. The Bertz CT molecular complexity index is 1560. The molecule has 0 spiro atoms. The minimum atomic E-state index is -0.930. The number of fused-ring (bicyclic) bond motifs is 1. The molecule has 7 heteroatoms. The van der Waals surface area contributed by atoms with Crippen LogP contribution < -0.4 is 10.4 Å². The van der Waals surface area contributed by atoms with E-state index in [1.807, 2.05) is 43.4 Å². The molecule has 0 unspecified atom stereocenters. The minimum Gasteiger partial charge on any atom is -0.494 e. The third-order valence-corrected chi connectivity index (χ3v) is 6.79. The van der Waals surface area contributed by atoms with Crippen LogP contribution in [0.2, 0.25) is 0 Å². The van der Waals surface area contributed by atoms with Gasteiger partial charge in [-0.15, -0.1) is 0 Å². The Kier molecular flexibility index (Phi) is 6.73. The second kappa shape index (κ2) is 10.3. The fourth-order valence-electron chi connectivity index (χ4n) is 4.21. The van der Waals surface area contributed by atoms with Crippen molar-refractivity contribution in [1.29, 1.82) is 0 Å². The molecule has 0 radical (unpaired) electrons. The van der Waals surface area contributed by atoms with E-state index in [2.05, 4.69) is 51.1 Å². The maximum absolute atomic E-state index is 11.3. The van der Waals surface area contributed by atoms with Gasteiger partial charge >= 0.3 is 5.97 Å². The summed E-state index contributed by atoms with van der Waals surface area (Å²) in [4.78, 5) is 16.3. The standard InChI is InChI=1S/C29H27N3O3S/c1-3-15-35-25-12-13-26-27(17-25)31(2)29(32(26)18-20-4-6-22(7-5-20)28(33)34)30-24-10-8-21(9-11-24)23-14-16-36-19-23/h4-14,16-17,19H,3,15,18H2,1-2H3,(H,33,34). The molecule has 36 heavy (non-hydrogen) atoms. The van der Waals surface area contributed by atoms with Crippen molar-refractivity contribution in [3.8, 4) is 16.9 Å². The summed E-state index contributed by atoms with van der Waals surface area (Å²) in [5.41, 5.74) is 7.33. The van der Waals surface area contributed by atoms with Crippen molar-refractivity contribution in [3.63, 3.8) is 0 Å². The Morgan fingerprint density at radius 1 is 0.972 bits per heavy atom. The number of imidazole rings is 1. The summed E-state index contributed by atoms with van der Waals surface area (Å²) in [6.07, 6.45) is 0.944. The first-order chi connectivity index (χ1) is 17.5. The quantitative estimate of drug-likeness (QED) is 0.267. The Labute approximate surface area is 213 Å². The fourth-order valence-corrected chi connectivity index (χ4v) is 4.87. The molecule has 0 aliphatic rings. The lowest BCUT2D eigenvalue weighted by atomic mass is 10.1. The van der Waals surface area contributed by atoms with Crippen LogP contribution in [0.4, 0.5) is 5.69 Å². The van der Waals surface area contributed by atoms with Crippen LogP contribution in [0.15, 0.2) is 88.5 Å². The first-order valence-corrected chi connectivity index (χ1v) is 12.8. The van der Waals surface area contributed by atoms with E-state index in [1.165, 1.54) is 5.56 Å². The third-order valence-electron chi connectivity index (χ3n) is 6.11. The number of hydrogen-bond acceptors (Lipinski definition) is 4. The Morgan fingerprint density at radius 2 is 1.75 bits per heavy atom. The molecule has 0 saturated carbocycles. The van der Waals surface area contributed by atoms with Crippen molar-refractivity contribution in [2.24, 2.45) is 12.0 Å². The van der Waals surface area contributed by atoms with Gasteiger partial charge in [-0.25, -0.2) is 9.79 Å². The van der Waals surface area contributed by atoms with Gasteiger partial charge in [-0.05, 0) is 76.3 Å². The molecule has 1 N–H and O–H groups in total. The largest absolute Gasteiger partial charge is 0.494 e. The van der Waals surface area contributed by atoms with Crippen molar-refractivity contribution < 1.29 is 14.6 Å². The van der Waals surface area contributed by atoms with Crippen LogP contribution in [-0.4, -0.2) is 26.8 Å². The zero-order valence-corrected chi connectivity index (χ0v) is 21.0. The molecule has 0 fully saturated rings. The number of aromatic carboxylic acids is 1. The van der Waals surface area contributed by atoms with Gasteiger partial charge < -0.3 is 19.0 Å². The lowest BCUT2D eigenvalue weighted by Gasteiger charge is -2.07. The molecule has 0 bridgehead atoms. The molecule has 0 amide bonds. The van der Waals surface area contributed by atoms with E-state index >= 15 is 0 Å². The number of carbonyl (C=O) groups is 1. The van der Waals surface area contributed by atoms with Gasteiger partial charge in [0, 0.05) is 13.1 Å². The number of benzene rings is 3. The van der Waals surface area contributed by atoms with Gasteiger partial charge in [0.25, 0.3) is 0 Å². The topological polar surface area (TPSA) is 68.8 Å². The lowest BCUT2D eigenvalue weighted by Crippen LogP contribution is -2.24. The van der Waals surface area contributed by atoms with E-state index in [0.29, 0.717) is 13.2 Å². The van der Waals surface area contributed by atoms with Crippen LogP contribution in [0.5, 0.6) is 5.75 Å². The van der Waals surface area contributed by atoms with Crippen LogP contribution in [0, 0.1) is 0 Å². The molecule has 6 nitrogen and oxygen atoms in total. The summed E-state index contributed by atoms with van der Waals surface area (Å²) in [5, 5.41) is 13.5. The Balaban J connectivity index is 1.60. The summed E-state index contributed by atoms with van der Waals surface area (Å²) >= 11 is 1.68. The van der Waals surface area contributed by atoms with Gasteiger partial charge in [0.2, 0.25) is 5.62 Å². The maximum Gasteiger partial charge on any atom is 0.335 e. The highest BCUT2D eigenvalue weighted by atomic mass is 32.1. The molecular weight excluding hydrogens is 470 g/mol. The lowest BCUT2D eigenvalue weighted by molar-refractivity contribution is 0.0697. The van der Waals surface area contributed by atoms with E-state index in [1.54, 1.807) is 23.5 Å². The number of carboxylic acids is 1. The van der Waals surface area contributed by atoms with Gasteiger partial charge in [-0.2, -0.15) is 11.3 Å². The number of aryl methyl sites for hydroxylation is 1. The number of nitrogens with zero attached hydrogens (tertiary/aromatic N) is 3. The highest BCUT2D eigenvalue weighted by molar-refractivity contribution is 7.08. The number of hydrogen-bond donors (Lipinski definition) is 1. The Hall–Kier alpha value is -4.10. The molecule has 0 atom stereocenters. The Morgan fingerprint density at radius 3 is 2.42 bits per heavy atom. The van der Waals surface area contributed by atoms with Crippen LogP contribution in [0.25, 0.3) is 22.2 Å². The average Bonchev–Trinajstić information content (AvgIpc) is 3.52. The van der Waals surface area contributed by atoms with Gasteiger partial charge in [0.1, 0.15) is 5.75 Å². The molecule has 0 saturated heterocycles. The number of aromatic nitrogens is 2. The normalized spacial score (nSPS) is 11.8. The van der Waals surface area contributed by atoms with Gasteiger partial charge in [0.15, 0.2) is 0 Å². The molecule has 0 aliphatic heterocycles. The molecular formula is C29H27N3O3S. The monoisotopic (exact) mass is 497 g/mol. The summed E-state index contributed by atoms with van der Waals surface area (Å²) in [6, 6.07) is 23.5. The molecule has 182 valence electrons. The van der Waals surface area contributed by atoms with Crippen molar-refractivity contribution >= 4 is 34.0 Å². The van der Waals surface area contributed by atoms with Crippen molar-refractivity contribution in [1.82, 2.24) is 9.13 Å². The van der Waals surface area contributed by atoms with E-state index in [0.717, 1.165) is 45.6 Å². The maximum atomic E-state index is 11.3. The van der Waals surface area contributed by atoms with Crippen LogP contribution in [0.1, 0.15) is 29.3 Å². The fraction of sp³-hybridized carbons (Fsp3) is 0.172. The van der Waals surface area contributed by atoms with E-state index in [4.69, 9.17) is 9.73 Å². The first-order valence-electron chi connectivity index (χ1n) is 11.8. The van der Waals surface area contributed by atoms with Crippen LogP contribution in [0.3, 0.4) is 0 Å². The zero-order valence-electron chi connectivity index (χ0n) is 20.2. The van der Waals surface area contributed by atoms with Crippen LogP contribution in [-0.2, 0) is 13.6 Å². The number of rotatable bonds is 8. The number of thiophene rings is 1. The van der Waals surface area contributed by atoms with E-state index < -0.39 is 5.97 Å². The molecule has 3 aromatic carbocycles. The number of ether oxygens (including phenoxy) is 1. The SMILES string of the molecule is CCCOc1ccc2c(c1)n(C)c(=Nc1ccc(-c3ccsc3)cc1)n2Cc1ccc(C(=O)O)cc1. The molecule has 5 rings (SSSR count). The smallest absolute Gasteiger partial charge is 0.335 e. The molecule has 2 heterocycles. The van der Waals surface area contributed by atoms with Crippen molar-refractivity contribution in [3.05, 3.63) is 100 Å². The predicted molar refractivity (Wildman–Crippen MR) is 144 cm³/mol. The zero-order chi connectivity index (χ0) is 25.1. The molecule has 2 aromatic heterocycles. The summed E-state index contributed by atoms with van der Waals surface area (Å²) in [6.45, 7) is 3.31. The van der Waals surface area contributed by atoms with Gasteiger partial charge in [0.05, 0.1) is 35.4 Å². The summed E-state index contributed by atoms with van der Waals surface area (Å²) < 4.78 is 10.1. The van der Waals surface area contributed by atoms with Crippen molar-refractivity contribution in [2.75, 3.05) is 6.61 Å². The summed E-state index contributed by atoms with van der Waals surface area (Å²) in [7, 11) is 2.01. The van der Waals surface area contributed by atoms with Crippen molar-refractivity contribution in [2.45, 2.75) is 19.9 Å². The minimum absolute atomic E-state index is 0.273. The summed E-state index contributed by atoms with van der Waals surface area (Å²) in [5.74, 6) is -0.102.